The third kappa shape index (κ3) is 2.63. The molecule has 0 aliphatic heterocycles. The molecule has 1 rings (SSSR count). The summed E-state index contributed by atoms with van der Waals surface area (Å²) < 4.78 is 4.91. The van der Waals surface area contributed by atoms with Gasteiger partial charge in [-0.05, 0) is 6.07 Å². The van der Waals surface area contributed by atoms with Gasteiger partial charge in [-0.2, -0.15) is 0 Å². The number of pyridine rings is 1. The predicted octanol–water partition coefficient (Wildman–Crippen LogP) is 1.55. The largest absolute Gasteiger partial charge is 0.481 e. The Bertz CT molecular complexity index is 198. The van der Waals surface area contributed by atoms with Crippen LogP contribution < -0.4 is 10.1 Å². The maximum absolute atomic E-state index is 4.91. The molecule has 0 aliphatic rings. The fourth-order valence-electron chi connectivity index (χ4n) is 0.677. The molecule has 0 radical (unpaired) electrons. The summed E-state index contributed by atoms with van der Waals surface area (Å²) in [7, 11) is 3.45. The molecular formula is C7H11ClN2O. The highest BCUT2D eigenvalue weighted by Gasteiger charge is 1.91. The van der Waals surface area contributed by atoms with Crippen LogP contribution in [-0.2, 0) is 0 Å². The van der Waals surface area contributed by atoms with Gasteiger partial charge in [-0.25, -0.2) is 4.98 Å². The zero-order valence-corrected chi connectivity index (χ0v) is 7.31. The third-order valence-corrected chi connectivity index (χ3v) is 1.23. The second-order valence-electron chi connectivity index (χ2n) is 1.84. The van der Waals surface area contributed by atoms with Crippen LogP contribution in [0, 0.1) is 0 Å². The summed E-state index contributed by atoms with van der Waals surface area (Å²) >= 11 is 0. The van der Waals surface area contributed by atoms with Crippen LogP contribution in [0.5, 0.6) is 5.88 Å². The molecule has 0 fully saturated rings. The zero-order chi connectivity index (χ0) is 7.40. The van der Waals surface area contributed by atoms with Crippen molar-refractivity contribution in [2.45, 2.75) is 0 Å². The van der Waals surface area contributed by atoms with E-state index in [2.05, 4.69) is 10.3 Å². The summed E-state index contributed by atoms with van der Waals surface area (Å²) in [6, 6.07) is 3.71. The van der Waals surface area contributed by atoms with Crippen LogP contribution in [0.15, 0.2) is 18.3 Å². The van der Waals surface area contributed by atoms with Crippen LogP contribution >= 0.6 is 12.4 Å². The van der Waals surface area contributed by atoms with E-state index in [1.807, 2.05) is 19.2 Å². The van der Waals surface area contributed by atoms with Gasteiger partial charge in [0.1, 0.15) is 0 Å². The number of nitrogens with zero attached hydrogens (tertiary/aromatic N) is 1. The number of rotatable bonds is 2. The number of aromatic nitrogens is 1. The molecule has 0 aliphatic carbocycles. The lowest BCUT2D eigenvalue weighted by atomic mass is 10.4. The molecule has 0 amide bonds. The minimum atomic E-state index is 0. The van der Waals surface area contributed by atoms with E-state index in [1.54, 1.807) is 13.3 Å². The molecule has 1 aromatic heterocycles. The van der Waals surface area contributed by atoms with Crippen LogP contribution in [0.2, 0.25) is 0 Å². The van der Waals surface area contributed by atoms with E-state index in [9.17, 15) is 0 Å². The highest BCUT2D eigenvalue weighted by atomic mass is 35.5. The zero-order valence-electron chi connectivity index (χ0n) is 6.50. The minimum Gasteiger partial charge on any atom is -0.481 e. The maximum Gasteiger partial charge on any atom is 0.214 e. The molecular weight excluding hydrogens is 164 g/mol. The normalized spacial score (nSPS) is 8.18. The highest BCUT2D eigenvalue weighted by molar-refractivity contribution is 5.85. The van der Waals surface area contributed by atoms with E-state index in [0.29, 0.717) is 5.88 Å². The van der Waals surface area contributed by atoms with Crippen LogP contribution in [0.1, 0.15) is 0 Å². The topological polar surface area (TPSA) is 34.2 Å². The Kier molecular flexibility index (Phi) is 4.38. The smallest absolute Gasteiger partial charge is 0.214 e. The van der Waals surface area contributed by atoms with E-state index in [0.717, 1.165) is 5.69 Å². The molecule has 1 aromatic rings. The first kappa shape index (κ1) is 10.0. The van der Waals surface area contributed by atoms with Gasteiger partial charge in [-0.15, -0.1) is 12.4 Å². The van der Waals surface area contributed by atoms with E-state index in [4.69, 9.17) is 4.74 Å². The molecule has 4 heteroatoms. The standard InChI is InChI=1S/C7H10N2O.ClH/c1-8-6-3-4-9-7(5-6)10-2;/h3-5H,1-2H3,(H,8,9);1H. The van der Waals surface area contributed by atoms with Gasteiger partial charge < -0.3 is 10.1 Å². The van der Waals surface area contributed by atoms with Gasteiger partial charge in [0.05, 0.1) is 7.11 Å². The van der Waals surface area contributed by atoms with Crippen molar-refractivity contribution in [3.05, 3.63) is 18.3 Å². The van der Waals surface area contributed by atoms with E-state index < -0.39 is 0 Å². The summed E-state index contributed by atoms with van der Waals surface area (Å²) in [5.74, 6) is 0.631. The summed E-state index contributed by atoms with van der Waals surface area (Å²) in [5.41, 5.74) is 1.01. The average molecular weight is 175 g/mol. The van der Waals surface area contributed by atoms with Crippen molar-refractivity contribution in [2.24, 2.45) is 0 Å². The lowest BCUT2D eigenvalue weighted by Crippen LogP contribution is -1.91. The average Bonchev–Trinajstić information content (AvgIpc) is 2.05. The number of nitrogens with one attached hydrogen (secondary N) is 1. The second-order valence-corrected chi connectivity index (χ2v) is 1.84. The quantitative estimate of drug-likeness (QED) is 0.739. The molecule has 0 bridgehead atoms. The lowest BCUT2D eigenvalue weighted by Gasteiger charge is -2.00. The Morgan fingerprint density at radius 3 is 2.82 bits per heavy atom. The van der Waals surface area contributed by atoms with Crippen molar-refractivity contribution in [1.29, 1.82) is 0 Å². The van der Waals surface area contributed by atoms with E-state index in [1.165, 1.54) is 0 Å². The SMILES string of the molecule is CNc1ccnc(OC)c1.Cl. The first-order valence-electron chi connectivity index (χ1n) is 3.04. The molecule has 0 saturated carbocycles. The number of hydrogen-bond acceptors (Lipinski definition) is 3. The molecule has 62 valence electrons. The van der Waals surface area contributed by atoms with E-state index >= 15 is 0 Å². The molecule has 1 N–H and O–H groups in total. The third-order valence-electron chi connectivity index (χ3n) is 1.23. The molecule has 11 heavy (non-hydrogen) atoms. The summed E-state index contributed by atoms with van der Waals surface area (Å²) in [6.45, 7) is 0. The first-order chi connectivity index (χ1) is 4.86. The Labute approximate surface area is 72.2 Å². The van der Waals surface area contributed by atoms with Gasteiger partial charge >= 0.3 is 0 Å². The van der Waals surface area contributed by atoms with Gasteiger partial charge in [0, 0.05) is 25.0 Å². The monoisotopic (exact) mass is 174 g/mol. The van der Waals surface area contributed by atoms with Gasteiger partial charge in [0.25, 0.3) is 0 Å². The van der Waals surface area contributed by atoms with Gasteiger partial charge in [-0.3, -0.25) is 0 Å². The summed E-state index contributed by atoms with van der Waals surface area (Å²) in [4.78, 5) is 3.94. The van der Waals surface area contributed by atoms with Crippen LogP contribution in [0.4, 0.5) is 5.69 Å². The second kappa shape index (κ2) is 4.79. The Balaban J connectivity index is 0.000001000. The van der Waals surface area contributed by atoms with Gasteiger partial charge in [0.2, 0.25) is 5.88 Å². The van der Waals surface area contributed by atoms with E-state index in [-0.39, 0.29) is 12.4 Å². The van der Waals surface area contributed by atoms with Gasteiger partial charge in [-0.1, -0.05) is 0 Å². The molecule has 0 spiro atoms. The Morgan fingerprint density at radius 2 is 2.27 bits per heavy atom. The molecule has 3 nitrogen and oxygen atoms in total. The highest BCUT2D eigenvalue weighted by Crippen LogP contribution is 2.11. The maximum atomic E-state index is 4.91. The molecule has 0 aromatic carbocycles. The molecule has 1 heterocycles. The van der Waals surface area contributed by atoms with Crippen LogP contribution in [0.25, 0.3) is 0 Å². The van der Waals surface area contributed by atoms with Gasteiger partial charge in [0.15, 0.2) is 0 Å². The van der Waals surface area contributed by atoms with Crippen molar-refractivity contribution in [3.8, 4) is 5.88 Å². The summed E-state index contributed by atoms with van der Waals surface area (Å²) in [6.07, 6.45) is 1.70. The molecule has 0 atom stereocenters. The van der Waals surface area contributed by atoms with Crippen molar-refractivity contribution in [1.82, 2.24) is 4.98 Å². The number of hydrogen-bond donors (Lipinski definition) is 1. The molecule has 0 saturated heterocycles. The summed E-state index contributed by atoms with van der Waals surface area (Å²) in [5, 5.41) is 2.98. The fourth-order valence-corrected chi connectivity index (χ4v) is 0.677. The number of ether oxygens (including phenoxy) is 1. The van der Waals surface area contributed by atoms with Crippen molar-refractivity contribution >= 4 is 18.1 Å². The van der Waals surface area contributed by atoms with Crippen molar-refractivity contribution < 1.29 is 4.74 Å². The Morgan fingerprint density at radius 1 is 1.55 bits per heavy atom. The van der Waals surface area contributed by atoms with Crippen LogP contribution in [-0.4, -0.2) is 19.1 Å². The fraction of sp³-hybridized carbons (Fsp3) is 0.286. The first-order valence-corrected chi connectivity index (χ1v) is 3.04. The number of anilines is 1. The Hall–Kier alpha value is -0.960. The number of methoxy groups -OCH3 is 1. The minimum absolute atomic E-state index is 0. The predicted molar refractivity (Wildman–Crippen MR) is 47.6 cm³/mol. The molecule has 0 unspecified atom stereocenters. The lowest BCUT2D eigenvalue weighted by molar-refractivity contribution is 0.398. The van der Waals surface area contributed by atoms with Crippen molar-refractivity contribution in [2.75, 3.05) is 19.5 Å². The van der Waals surface area contributed by atoms with Crippen LogP contribution in [0.3, 0.4) is 0 Å². The number of halogens is 1. The van der Waals surface area contributed by atoms with Crippen molar-refractivity contribution in [3.63, 3.8) is 0 Å².